The summed E-state index contributed by atoms with van der Waals surface area (Å²) in [4.78, 5) is 21.3. The Morgan fingerprint density at radius 2 is 1.91 bits per heavy atom. The largest absolute Gasteiger partial charge is 0.483 e. The Labute approximate surface area is 181 Å². The van der Waals surface area contributed by atoms with E-state index in [0.29, 0.717) is 16.8 Å². The number of imidazole rings is 1. The number of nitrogens with zero attached hydrogens (tertiary/aromatic N) is 3. The smallest absolute Gasteiger partial charge is 0.422 e. The van der Waals surface area contributed by atoms with Gasteiger partial charge < -0.3 is 14.5 Å². The lowest BCUT2D eigenvalue weighted by Gasteiger charge is -2.13. The van der Waals surface area contributed by atoms with Gasteiger partial charge in [0.25, 0.3) is 5.91 Å². The molecule has 1 unspecified atom stereocenters. The van der Waals surface area contributed by atoms with E-state index in [-0.39, 0.29) is 23.4 Å². The van der Waals surface area contributed by atoms with E-state index in [1.807, 2.05) is 13.0 Å². The molecule has 1 amide bonds. The van der Waals surface area contributed by atoms with Gasteiger partial charge in [-0.15, -0.1) is 0 Å². The molecule has 0 spiro atoms. The number of carbonyl (C=O) groups excluding carboxylic acids is 1. The molecule has 3 aromatic heterocycles. The second-order valence-corrected chi connectivity index (χ2v) is 7.16. The van der Waals surface area contributed by atoms with Crippen molar-refractivity contribution >= 4 is 11.6 Å². The van der Waals surface area contributed by atoms with Crippen LogP contribution in [0.4, 0.5) is 13.2 Å². The lowest BCUT2D eigenvalue weighted by molar-refractivity contribution is -0.153. The number of halogens is 3. The number of carbonyl (C=O) groups is 1. The molecule has 0 bridgehead atoms. The highest BCUT2D eigenvalue weighted by Crippen LogP contribution is 2.33. The molecule has 3 heterocycles. The zero-order valence-electron chi connectivity index (χ0n) is 17.0. The van der Waals surface area contributed by atoms with E-state index in [1.165, 1.54) is 6.07 Å². The molecular formula is C23H19F3N4O2. The Morgan fingerprint density at radius 3 is 2.66 bits per heavy atom. The first-order valence-corrected chi connectivity index (χ1v) is 9.79. The van der Waals surface area contributed by atoms with E-state index in [2.05, 4.69) is 15.3 Å². The number of benzene rings is 1. The number of pyridine rings is 2. The standard InChI is InChI=1S/C23H19F3N4O2/c1-15(16-6-4-10-27-12-16)28-22(31)19-13-30-11-5-8-18(21(30)29-19)17-7-2-3-9-20(17)32-14-23(24,25)26/h2-13,15H,14H2,1H3,(H,28,31). The summed E-state index contributed by atoms with van der Waals surface area (Å²) in [7, 11) is 0. The molecule has 0 aliphatic carbocycles. The Morgan fingerprint density at radius 1 is 1.12 bits per heavy atom. The maximum atomic E-state index is 12.8. The van der Waals surface area contributed by atoms with Crippen molar-refractivity contribution in [2.24, 2.45) is 0 Å². The maximum absolute atomic E-state index is 12.8. The zero-order chi connectivity index (χ0) is 22.7. The molecule has 0 aliphatic heterocycles. The second-order valence-electron chi connectivity index (χ2n) is 7.16. The molecule has 0 fully saturated rings. The van der Waals surface area contributed by atoms with Gasteiger partial charge in [-0.25, -0.2) is 4.98 Å². The summed E-state index contributed by atoms with van der Waals surface area (Å²) in [5, 5.41) is 2.88. The van der Waals surface area contributed by atoms with Gasteiger partial charge in [-0.3, -0.25) is 9.78 Å². The summed E-state index contributed by atoms with van der Waals surface area (Å²) in [6, 6.07) is 13.2. The first-order chi connectivity index (χ1) is 15.3. The van der Waals surface area contributed by atoms with Crippen molar-refractivity contribution < 1.29 is 22.7 Å². The molecule has 0 aliphatic rings. The average molecular weight is 440 g/mol. The monoisotopic (exact) mass is 440 g/mol. The highest BCUT2D eigenvalue weighted by molar-refractivity contribution is 5.94. The number of alkyl halides is 3. The van der Waals surface area contributed by atoms with Crippen LogP contribution in [0.15, 0.2) is 73.3 Å². The van der Waals surface area contributed by atoms with Crippen LogP contribution in [0.5, 0.6) is 5.75 Å². The van der Waals surface area contributed by atoms with Gasteiger partial charge in [0.1, 0.15) is 17.1 Å². The van der Waals surface area contributed by atoms with Crippen LogP contribution in [0.2, 0.25) is 0 Å². The van der Waals surface area contributed by atoms with Crippen LogP contribution in [-0.4, -0.2) is 33.1 Å². The van der Waals surface area contributed by atoms with Crippen molar-refractivity contribution in [2.75, 3.05) is 6.61 Å². The van der Waals surface area contributed by atoms with Gasteiger partial charge in [0.05, 0.1) is 6.04 Å². The van der Waals surface area contributed by atoms with Crippen LogP contribution in [0.1, 0.15) is 29.0 Å². The quantitative estimate of drug-likeness (QED) is 0.466. The fourth-order valence-corrected chi connectivity index (χ4v) is 3.29. The Bertz CT molecular complexity index is 1240. The third-order valence-corrected chi connectivity index (χ3v) is 4.82. The van der Waals surface area contributed by atoms with Crippen LogP contribution >= 0.6 is 0 Å². The maximum Gasteiger partial charge on any atom is 0.422 e. The first-order valence-electron chi connectivity index (χ1n) is 9.79. The van der Waals surface area contributed by atoms with Gasteiger partial charge in [0.2, 0.25) is 0 Å². The van der Waals surface area contributed by atoms with Gasteiger partial charge in [-0.1, -0.05) is 24.3 Å². The molecule has 0 saturated heterocycles. The molecule has 1 atom stereocenters. The molecular weight excluding hydrogens is 421 g/mol. The van der Waals surface area contributed by atoms with Crippen molar-refractivity contribution in [3.8, 4) is 16.9 Å². The van der Waals surface area contributed by atoms with E-state index in [1.54, 1.807) is 65.6 Å². The van der Waals surface area contributed by atoms with E-state index >= 15 is 0 Å². The summed E-state index contributed by atoms with van der Waals surface area (Å²) in [6.07, 6.45) is 2.15. The SMILES string of the molecule is CC(NC(=O)c1cn2cccc(-c3ccccc3OCC(F)(F)F)c2n1)c1cccnc1. The summed E-state index contributed by atoms with van der Waals surface area (Å²) >= 11 is 0. The number of amides is 1. The Hall–Kier alpha value is -3.88. The van der Waals surface area contributed by atoms with Gasteiger partial charge in [0, 0.05) is 35.9 Å². The number of nitrogens with one attached hydrogen (secondary N) is 1. The van der Waals surface area contributed by atoms with Crippen LogP contribution < -0.4 is 10.1 Å². The zero-order valence-corrected chi connectivity index (χ0v) is 17.0. The fraction of sp³-hybridized carbons (Fsp3) is 0.174. The lowest BCUT2D eigenvalue weighted by Crippen LogP contribution is -2.26. The number of hydrogen-bond acceptors (Lipinski definition) is 4. The van der Waals surface area contributed by atoms with Gasteiger partial charge >= 0.3 is 6.18 Å². The number of rotatable bonds is 6. The van der Waals surface area contributed by atoms with E-state index in [0.717, 1.165) is 5.56 Å². The van der Waals surface area contributed by atoms with Gasteiger partial charge in [0.15, 0.2) is 6.61 Å². The molecule has 0 radical (unpaired) electrons. The molecule has 1 N–H and O–H groups in total. The number of ether oxygens (including phenoxy) is 1. The van der Waals surface area contributed by atoms with Crippen molar-refractivity contribution in [3.05, 3.63) is 84.6 Å². The number of fused-ring (bicyclic) bond motifs is 1. The van der Waals surface area contributed by atoms with Crippen LogP contribution in [0.25, 0.3) is 16.8 Å². The molecule has 0 saturated carbocycles. The van der Waals surface area contributed by atoms with Crippen molar-refractivity contribution in [1.82, 2.24) is 19.7 Å². The predicted octanol–water partition coefficient (Wildman–Crippen LogP) is 4.83. The fourth-order valence-electron chi connectivity index (χ4n) is 3.29. The predicted molar refractivity (Wildman–Crippen MR) is 112 cm³/mol. The third kappa shape index (κ3) is 4.72. The molecule has 6 nitrogen and oxygen atoms in total. The van der Waals surface area contributed by atoms with E-state index < -0.39 is 12.8 Å². The molecule has 4 rings (SSSR count). The highest BCUT2D eigenvalue weighted by atomic mass is 19.4. The Balaban J connectivity index is 1.64. The van der Waals surface area contributed by atoms with Crippen molar-refractivity contribution in [3.63, 3.8) is 0 Å². The van der Waals surface area contributed by atoms with Crippen molar-refractivity contribution in [1.29, 1.82) is 0 Å². The number of aromatic nitrogens is 3. The number of para-hydroxylation sites is 1. The normalized spacial score (nSPS) is 12.5. The average Bonchev–Trinajstić information content (AvgIpc) is 3.23. The third-order valence-electron chi connectivity index (χ3n) is 4.82. The summed E-state index contributed by atoms with van der Waals surface area (Å²) in [6.45, 7) is 0.436. The summed E-state index contributed by atoms with van der Waals surface area (Å²) in [5.74, 6) is -0.297. The van der Waals surface area contributed by atoms with E-state index in [9.17, 15) is 18.0 Å². The molecule has 4 aromatic rings. The van der Waals surface area contributed by atoms with Crippen molar-refractivity contribution in [2.45, 2.75) is 19.1 Å². The minimum absolute atomic E-state index is 0.0807. The van der Waals surface area contributed by atoms with Crippen LogP contribution in [-0.2, 0) is 0 Å². The van der Waals surface area contributed by atoms with Gasteiger partial charge in [-0.05, 0) is 36.8 Å². The molecule has 9 heteroatoms. The van der Waals surface area contributed by atoms with Gasteiger partial charge in [-0.2, -0.15) is 13.2 Å². The summed E-state index contributed by atoms with van der Waals surface area (Å²) < 4.78 is 44.6. The molecule has 1 aromatic carbocycles. The van der Waals surface area contributed by atoms with E-state index in [4.69, 9.17) is 4.74 Å². The van der Waals surface area contributed by atoms with Crippen LogP contribution in [0, 0.1) is 0 Å². The Kier molecular flexibility index (Phi) is 5.81. The highest BCUT2D eigenvalue weighted by Gasteiger charge is 2.29. The first kappa shape index (κ1) is 21.4. The molecule has 164 valence electrons. The lowest BCUT2D eigenvalue weighted by atomic mass is 10.1. The van der Waals surface area contributed by atoms with Crippen LogP contribution in [0.3, 0.4) is 0 Å². The minimum atomic E-state index is -4.46. The summed E-state index contributed by atoms with van der Waals surface area (Å²) in [5.41, 5.74) is 2.45. The topological polar surface area (TPSA) is 68.5 Å². The number of hydrogen-bond donors (Lipinski definition) is 1. The minimum Gasteiger partial charge on any atom is -0.483 e. The second kappa shape index (κ2) is 8.70. The molecule has 32 heavy (non-hydrogen) atoms.